The summed E-state index contributed by atoms with van der Waals surface area (Å²) >= 11 is 8.20. The first-order valence-electron chi connectivity index (χ1n) is 12.1. The lowest BCUT2D eigenvalue weighted by Gasteiger charge is -2.30. The first-order valence-corrected chi connectivity index (χ1v) is 14.2. The number of pyridine rings is 1. The number of fused-ring (bicyclic) bond motifs is 2. The van der Waals surface area contributed by atoms with Crippen molar-refractivity contribution >= 4 is 63.8 Å². The van der Waals surface area contributed by atoms with E-state index in [-0.39, 0.29) is 29.1 Å². The Kier molecular flexibility index (Phi) is 6.62. The van der Waals surface area contributed by atoms with Gasteiger partial charge in [-0.3, -0.25) is 28.7 Å². The highest BCUT2D eigenvalue weighted by Crippen LogP contribution is 2.53. The van der Waals surface area contributed by atoms with Gasteiger partial charge in [-0.05, 0) is 55.0 Å². The summed E-state index contributed by atoms with van der Waals surface area (Å²) in [5.41, 5.74) is 2.85. The molecule has 2 aromatic carbocycles. The molecule has 8 nitrogen and oxygen atoms in total. The molecule has 2 aliphatic rings. The van der Waals surface area contributed by atoms with E-state index in [0.29, 0.717) is 26.3 Å². The fraction of sp³-hybridized carbons (Fsp3) is 0.179. The minimum Gasteiger partial charge on any atom is -0.325 e. The van der Waals surface area contributed by atoms with Crippen LogP contribution in [-0.2, 0) is 20.9 Å². The lowest BCUT2D eigenvalue weighted by Crippen LogP contribution is -2.33. The predicted octanol–water partition coefficient (Wildman–Crippen LogP) is 4.70. The van der Waals surface area contributed by atoms with E-state index in [4.69, 9.17) is 11.6 Å². The van der Waals surface area contributed by atoms with E-state index in [1.165, 1.54) is 21.2 Å². The van der Waals surface area contributed by atoms with Crippen LogP contribution in [0.3, 0.4) is 0 Å². The smallest absolute Gasteiger partial charge is 0.308 e. The van der Waals surface area contributed by atoms with E-state index in [1.807, 2.05) is 25.1 Å². The number of nitrogens with one attached hydrogen (secondary N) is 1. The van der Waals surface area contributed by atoms with Crippen molar-refractivity contribution in [1.29, 1.82) is 0 Å². The number of hydrogen-bond acceptors (Lipinski definition) is 7. The van der Waals surface area contributed by atoms with Crippen LogP contribution >= 0.6 is 34.7 Å². The van der Waals surface area contributed by atoms with Gasteiger partial charge in [-0.25, -0.2) is 4.90 Å². The number of rotatable bonds is 5. The maximum Gasteiger partial charge on any atom is 0.308 e. The summed E-state index contributed by atoms with van der Waals surface area (Å²) in [5.74, 6) is -2.37. The van der Waals surface area contributed by atoms with Crippen LogP contribution in [-0.4, -0.2) is 32.5 Å². The Bertz CT molecular complexity index is 1650. The zero-order valence-corrected chi connectivity index (χ0v) is 22.9. The Morgan fingerprint density at radius 1 is 1.03 bits per heavy atom. The molecule has 3 amide bonds. The molecular formula is C28H21ClN4O4S2. The van der Waals surface area contributed by atoms with Gasteiger partial charge in [0.25, 0.3) is 0 Å². The Labute approximate surface area is 236 Å². The van der Waals surface area contributed by atoms with Gasteiger partial charge in [0.2, 0.25) is 17.7 Å². The summed E-state index contributed by atoms with van der Waals surface area (Å²) in [7, 11) is 0. The molecule has 0 saturated carbocycles. The second-order valence-electron chi connectivity index (χ2n) is 9.35. The number of thioether (sulfide) groups is 1. The molecule has 196 valence electrons. The number of aromatic nitrogens is 2. The molecular weight excluding hydrogens is 556 g/mol. The molecule has 4 aromatic rings. The number of amides is 3. The molecule has 2 unspecified atom stereocenters. The monoisotopic (exact) mass is 576 g/mol. The topological polar surface area (TPSA) is 101 Å². The lowest BCUT2D eigenvalue weighted by atomic mass is 9.84. The van der Waals surface area contributed by atoms with Gasteiger partial charge in [0.1, 0.15) is 11.8 Å². The number of carbonyl (C=O) groups excluding carboxylic acids is 3. The summed E-state index contributed by atoms with van der Waals surface area (Å²) < 4.78 is 1.40. The number of aryl methyl sites for hydroxylation is 1. The van der Waals surface area contributed by atoms with E-state index in [9.17, 15) is 19.2 Å². The summed E-state index contributed by atoms with van der Waals surface area (Å²) in [5, 5.41) is 3.07. The van der Waals surface area contributed by atoms with Crippen LogP contribution in [0.1, 0.15) is 21.9 Å². The molecule has 39 heavy (non-hydrogen) atoms. The van der Waals surface area contributed by atoms with Gasteiger partial charge < -0.3 is 5.32 Å². The fourth-order valence-electron chi connectivity index (χ4n) is 5.00. The molecule has 0 bridgehead atoms. The van der Waals surface area contributed by atoms with Crippen molar-refractivity contribution in [3.63, 3.8) is 0 Å². The molecule has 1 saturated heterocycles. The van der Waals surface area contributed by atoms with Gasteiger partial charge in [0.15, 0.2) is 0 Å². The van der Waals surface area contributed by atoms with Crippen molar-refractivity contribution in [2.24, 2.45) is 5.92 Å². The molecule has 4 heterocycles. The number of halogens is 1. The zero-order chi connectivity index (χ0) is 27.3. The highest BCUT2D eigenvalue weighted by atomic mass is 35.5. The molecule has 6 rings (SSSR count). The molecule has 3 atom stereocenters. The van der Waals surface area contributed by atoms with E-state index in [1.54, 1.807) is 54.9 Å². The average molecular weight is 577 g/mol. The third-order valence-corrected chi connectivity index (χ3v) is 9.67. The molecule has 1 N–H and O–H groups in total. The third kappa shape index (κ3) is 4.58. The number of imide groups is 1. The number of benzene rings is 2. The number of carbonyl (C=O) groups is 3. The maximum atomic E-state index is 13.8. The summed E-state index contributed by atoms with van der Waals surface area (Å²) in [6.45, 7) is 1.74. The summed E-state index contributed by atoms with van der Waals surface area (Å²) in [4.78, 5) is 59.4. The second kappa shape index (κ2) is 10.1. The minimum atomic E-state index is -0.772. The van der Waals surface area contributed by atoms with Gasteiger partial charge in [-0.15, -0.1) is 0 Å². The fourth-order valence-corrected chi connectivity index (χ4v) is 7.90. The van der Waals surface area contributed by atoms with Crippen molar-refractivity contribution in [2.45, 2.75) is 29.7 Å². The Hall–Kier alpha value is -3.73. The molecule has 0 aliphatic carbocycles. The van der Waals surface area contributed by atoms with Crippen molar-refractivity contribution < 1.29 is 14.4 Å². The van der Waals surface area contributed by atoms with E-state index in [0.717, 1.165) is 22.5 Å². The van der Waals surface area contributed by atoms with Gasteiger partial charge >= 0.3 is 4.87 Å². The molecule has 11 heteroatoms. The largest absolute Gasteiger partial charge is 0.325 e. The van der Waals surface area contributed by atoms with Crippen molar-refractivity contribution in [3.05, 3.63) is 104 Å². The van der Waals surface area contributed by atoms with Crippen molar-refractivity contribution in [2.75, 3.05) is 10.2 Å². The second-order valence-corrected chi connectivity index (χ2v) is 11.9. The number of thiazole rings is 1. The van der Waals surface area contributed by atoms with Crippen LogP contribution in [0.5, 0.6) is 0 Å². The normalized spacial score (nSPS) is 20.1. The van der Waals surface area contributed by atoms with Gasteiger partial charge in [0, 0.05) is 33.9 Å². The maximum absolute atomic E-state index is 13.8. The van der Waals surface area contributed by atoms with Gasteiger partial charge in [-0.2, -0.15) is 0 Å². The van der Waals surface area contributed by atoms with Crippen LogP contribution < -0.4 is 15.1 Å². The number of nitrogens with zero attached hydrogens (tertiary/aromatic N) is 3. The molecule has 1 fully saturated rings. The Morgan fingerprint density at radius 3 is 2.46 bits per heavy atom. The lowest BCUT2D eigenvalue weighted by molar-refractivity contribution is -0.122. The van der Waals surface area contributed by atoms with Crippen LogP contribution in [0, 0.1) is 12.8 Å². The minimum absolute atomic E-state index is 0.217. The predicted molar refractivity (Wildman–Crippen MR) is 152 cm³/mol. The zero-order valence-electron chi connectivity index (χ0n) is 20.5. The van der Waals surface area contributed by atoms with Crippen LogP contribution in [0.25, 0.3) is 0 Å². The third-order valence-electron chi connectivity index (χ3n) is 6.81. The molecule has 0 radical (unpaired) electrons. The van der Waals surface area contributed by atoms with Gasteiger partial charge in [0.05, 0.1) is 16.6 Å². The first-order chi connectivity index (χ1) is 18.8. The quantitative estimate of drug-likeness (QED) is 0.346. The van der Waals surface area contributed by atoms with Crippen LogP contribution in [0.15, 0.2) is 82.9 Å². The average Bonchev–Trinajstić information content (AvgIpc) is 3.37. The van der Waals surface area contributed by atoms with Crippen LogP contribution in [0.2, 0.25) is 5.02 Å². The standard InChI is InChI=1S/C28H21ClN4O4S2/c1-15-4-8-18(9-5-15)31-20(34)14-32-27-24(39-28(32)37)21(16-3-2-12-30-13-16)22-23(38-27)26(36)33(25(22)35)19-10-6-17(29)7-11-19/h2-13,21-23H,14H2,1H3,(H,31,34)/t21-,22?,23?/m0/s1. The van der Waals surface area contributed by atoms with E-state index >= 15 is 0 Å². The summed E-state index contributed by atoms with van der Waals surface area (Å²) in [6.07, 6.45) is 3.28. The molecule has 0 spiro atoms. The first kappa shape index (κ1) is 25.5. The van der Waals surface area contributed by atoms with E-state index < -0.39 is 17.1 Å². The molecule has 2 aliphatic heterocycles. The summed E-state index contributed by atoms with van der Waals surface area (Å²) in [6, 6.07) is 17.5. The highest BCUT2D eigenvalue weighted by molar-refractivity contribution is 8.00. The highest BCUT2D eigenvalue weighted by Gasteiger charge is 2.56. The number of hydrogen-bond donors (Lipinski definition) is 1. The number of anilines is 2. The van der Waals surface area contributed by atoms with Crippen molar-refractivity contribution in [1.82, 2.24) is 9.55 Å². The Morgan fingerprint density at radius 2 is 1.77 bits per heavy atom. The van der Waals surface area contributed by atoms with Gasteiger partial charge in [-0.1, -0.05) is 58.5 Å². The Balaban J connectivity index is 1.39. The van der Waals surface area contributed by atoms with E-state index in [2.05, 4.69) is 10.3 Å². The van der Waals surface area contributed by atoms with Crippen LogP contribution in [0.4, 0.5) is 11.4 Å². The molecule has 2 aromatic heterocycles. The van der Waals surface area contributed by atoms with Crippen molar-refractivity contribution in [3.8, 4) is 0 Å². The SMILES string of the molecule is Cc1ccc(NC(=O)Cn2c3c(sc2=O)[C@@H](c2cccnc2)C2C(=O)N(c4ccc(Cl)cc4)C(=O)C2S3)cc1.